The number of benzene rings is 1. The summed E-state index contributed by atoms with van der Waals surface area (Å²) in [6.07, 6.45) is 0.636. The summed E-state index contributed by atoms with van der Waals surface area (Å²) in [5.41, 5.74) is 2.49. The topological polar surface area (TPSA) is 33.2 Å². The molecule has 0 aliphatic heterocycles. The highest BCUT2D eigenvalue weighted by atomic mass is 19.1. The minimum Gasteiger partial charge on any atom is -0.377 e. The lowest BCUT2D eigenvalue weighted by Crippen LogP contribution is -2.10. The number of fused-ring (bicyclic) bond motifs is 1. The maximum atomic E-state index is 13.4. The molecule has 2 rings (SSSR count). The molecule has 0 fully saturated rings. The Hall–Kier alpha value is -1.97. The molecule has 1 aromatic carbocycles. The quantitative estimate of drug-likeness (QED) is 0.746. The molecule has 3 nitrogen and oxygen atoms in total. The Balaban J connectivity index is 2.92. The molecule has 0 N–H and O–H groups in total. The number of nitrogens with zero attached hydrogens (tertiary/aromatic N) is 2. The fourth-order valence-electron chi connectivity index (χ4n) is 1.88. The van der Waals surface area contributed by atoms with Crippen LogP contribution in [0.15, 0.2) is 18.2 Å². The van der Waals surface area contributed by atoms with Crippen molar-refractivity contribution in [1.82, 2.24) is 4.98 Å². The molecule has 0 amide bonds. The summed E-state index contributed by atoms with van der Waals surface area (Å²) >= 11 is 0. The smallest absolute Gasteiger partial charge is 0.152 e. The highest BCUT2D eigenvalue weighted by Crippen LogP contribution is 2.28. The Morgan fingerprint density at radius 3 is 2.59 bits per heavy atom. The lowest BCUT2D eigenvalue weighted by molar-refractivity contribution is 0.112. The van der Waals surface area contributed by atoms with Gasteiger partial charge in [-0.15, -0.1) is 0 Å². The first-order valence-corrected chi connectivity index (χ1v) is 5.26. The molecule has 0 aliphatic carbocycles. The SMILES string of the molecule is Cc1cc(N(C)C)c2cc(F)cc(C=O)c2n1. The van der Waals surface area contributed by atoms with Crippen molar-refractivity contribution in [3.8, 4) is 0 Å². The molecule has 0 unspecified atom stereocenters. The van der Waals surface area contributed by atoms with Crippen LogP contribution in [-0.4, -0.2) is 25.4 Å². The van der Waals surface area contributed by atoms with Crippen LogP contribution in [-0.2, 0) is 0 Å². The van der Waals surface area contributed by atoms with Gasteiger partial charge in [-0.1, -0.05) is 0 Å². The van der Waals surface area contributed by atoms with Gasteiger partial charge in [0.05, 0.1) is 5.52 Å². The zero-order chi connectivity index (χ0) is 12.6. The molecule has 0 bridgehead atoms. The number of pyridine rings is 1. The summed E-state index contributed by atoms with van der Waals surface area (Å²) in [6.45, 7) is 1.85. The fourth-order valence-corrected chi connectivity index (χ4v) is 1.88. The van der Waals surface area contributed by atoms with Gasteiger partial charge in [-0.2, -0.15) is 0 Å². The van der Waals surface area contributed by atoms with E-state index in [0.29, 0.717) is 17.2 Å². The van der Waals surface area contributed by atoms with E-state index >= 15 is 0 Å². The molecule has 0 atom stereocenters. The number of anilines is 1. The monoisotopic (exact) mass is 232 g/mol. The van der Waals surface area contributed by atoms with Gasteiger partial charge in [0.25, 0.3) is 0 Å². The molecule has 1 aromatic heterocycles. The van der Waals surface area contributed by atoms with Crippen LogP contribution in [0.3, 0.4) is 0 Å². The van der Waals surface area contributed by atoms with Gasteiger partial charge in [-0.05, 0) is 25.1 Å². The van der Waals surface area contributed by atoms with E-state index in [9.17, 15) is 9.18 Å². The van der Waals surface area contributed by atoms with E-state index in [2.05, 4.69) is 4.98 Å². The predicted molar refractivity (Wildman–Crippen MR) is 66.2 cm³/mol. The summed E-state index contributed by atoms with van der Waals surface area (Å²) in [6, 6.07) is 4.49. The second-order valence-corrected chi connectivity index (χ2v) is 4.19. The van der Waals surface area contributed by atoms with E-state index < -0.39 is 5.82 Å². The number of carbonyl (C=O) groups is 1. The van der Waals surface area contributed by atoms with Crippen LogP contribution in [0.4, 0.5) is 10.1 Å². The lowest BCUT2D eigenvalue weighted by atomic mass is 10.1. The van der Waals surface area contributed by atoms with Crippen LogP contribution in [0.2, 0.25) is 0 Å². The molecular formula is C13H13FN2O. The van der Waals surface area contributed by atoms with Crippen molar-refractivity contribution < 1.29 is 9.18 Å². The van der Waals surface area contributed by atoms with Crippen molar-refractivity contribution in [2.75, 3.05) is 19.0 Å². The summed E-state index contributed by atoms with van der Waals surface area (Å²) < 4.78 is 13.4. The van der Waals surface area contributed by atoms with Gasteiger partial charge < -0.3 is 4.90 Å². The average Bonchev–Trinajstić information content (AvgIpc) is 2.27. The third-order valence-corrected chi connectivity index (χ3v) is 2.62. The first kappa shape index (κ1) is 11.5. The van der Waals surface area contributed by atoms with Crippen molar-refractivity contribution in [1.29, 1.82) is 0 Å². The molecule has 1 heterocycles. The number of aromatic nitrogens is 1. The van der Waals surface area contributed by atoms with Gasteiger partial charge in [0, 0.05) is 36.4 Å². The van der Waals surface area contributed by atoms with Crippen molar-refractivity contribution in [3.63, 3.8) is 0 Å². The molecule has 88 valence electrons. The van der Waals surface area contributed by atoms with Crippen molar-refractivity contribution in [2.45, 2.75) is 6.92 Å². The van der Waals surface area contributed by atoms with E-state index in [1.807, 2.05) is 32.0 Å². The Morgan fingerprint density at radius 2 is 2.00 bits per heavy atom. The summed E-state index contributed by atoms with van der Waals surface area (Å²) in [5, 5.41) is 0.655. The summed E-state index contributed by atoms with van der Waals surface area (Å²) in [5.74, 6) is -0.423. The predicted octanol–water partition coefficient (Wildman–Crippen LogP) is 2.56. The average molecular weight is 232 g/mol. The largest absolute Gasteiger partial charge is 0.377 e. The van der Waals surface area contributed by atoms with Crippen LogP contribution in [0, 0.1) is 12.7 Å². The Morgan fingerprint density at radius 1 is 1.29 bits per heavy atom. The standard InChI is InChI=1S/C13H13FN2O/c1-8-4-12(16(2)3)11-6-10(14)5-9(7-17)13(11)15-8/h4-7H,1-3H3. The molecule has 0 radical (unpaired) electrons. The highest BCUT2D eigenvalue weighted by molar-refractivity contribution is 6.01. The van der Waals surface area contributed by atoms with E-state index in [0.717, 1.165) is 11.4 Å². The fraction of sp³-hybridized carbons (Fsp3) is 0.231. The van der Waals surface area contributed by atoms with E-state index in [-0.39, 0.29) is 5.56 Å². The first-order chi connectivity index (χ1) is 8.02. The van der Waals surface area contributed by atoms with Gasteiger partial charge in [0.1, 0.15) is 5.82 Å². The van der Waals surface area contributed by atoms with Crippen molar-refractivity contribution in [3.05, 3.63) is 35.3 Å². The normalized spacial score (nSPS) is 10.6. The van der Waals surface area contributed by atoms with Crippen LogP contribution >= 0.6 is 0 Å². The van der Waals surface area contributed by atoms with E-state index in [1.165, 1.54) is 12.1 Å². The second-order valence-electron chi connectivity index (χ2n) is 4.19. The maximum Gasteiger partial charge on any atom is 0.152 e. The lowest BCUT2D eigenvalue weighted by Gasteiger charge is -2.16. The van der Waals surface area contributed by atoms with E-state index in [1.54, 1.807) is 0 Å². The maximum absolute atomic E-state index is 13.4. The molecule has 0 saturated heterocycles. The zero-order valence-corrected chi connectivity index (χ0v) is 9.99. The van der Waals surface area contributed by atoms with Crippen LogP contribution in [0.25, 0.3) is 10.9 Å². The van der Waals surface area contributed by atoms with Gasteiger partial charge in [-0.25, -0.2) is 4.39 Å². The number of aryl methyl sites for hydroxylation is 1. The molecule has 0 aliphatic rings. The zero-order valence-electron chi connectivity index (χ0n) is 9.99. The summed E-state index contributed by atoms with van der Waals surface area (Å²) in [7, 11) is 3.75. The first-order valence-electron chi connectivity index (χ1n) is 5.26. The molecule has 0 spiro atoms. The molecule has 17 heavy (non-hydrogen) atoms. The Labute approximate surface area is 98.9 Å². The third kappa shape index (κ3) is 1.98. The van der Waals surface area contributed by atoms with Crippen molar-refractivity contribution >= 4 is 22.9 Å². The van der Waals surface area contributed by atoms with Gasteiger partial charge in [-0.3, -0.25) is 9.78 Å². The Kier molecular flexibility index (Phi) is 2.79. The molecule has 4 heteroatoms. The number of hydrogen-bond acceptors (Lipinski definition) is 3. The number of halogens is 1. The number of hydrogen-bond donors (Lipinski definition) is 0. The Bertz CT molecular complexity index is 593. The van der Waals surface area contributed by atoms with E-state index in [4.69, 9.17) is 0 Å². The van der Waals surface area contributed by atoms with Gasteiger partial charge >= 0.3 is 0 Å². The number of rotatable bonds is 2. The van der Waals surface area contributed by atoms with Crippen LogP contribution in [0.5, 0.6) is 0 Å². The third-order valence-electron chi connectivity index (χ3n) is 2.62. The van der Waals surface area contributed by atoms with Gasteiger partial charge in [0.15, 0.2) is 6.29 Å². The summed E-state index contributed by atoms with van der Waals surface area (Å²) in [4.78, 5) is 17.1. The second kappa shape index (κ2) is 4.13. The van der Waals surface area contributed by atoms with Gasteiger partial charge in [0.2, 0.25) is 0 Å². The highest BCUT2D eigenvalue weighted by Gasteiger charge is 2.11. The van der Waals surface area contributed by atoms with Crippen LogP contribution < -0.4 is 4.90 Å². The van der Waals surface area contributed by atoms with Crippen LogP contribution in [0.1, 0.15) is 16.1 Å². The molecular weight excluding hydrogens is 219 g/mol. The molecule has 2 aromatic rings. The minimum atomic E-state index is -0.423. The minimum absolute atomic E-state index is 0.284. The van der Waals surface area contributed by atoms with Crippen molar-refractivity contribution in [2.24, 2.45) is 0 Å². The number of aldehydes is 1. The number of carbonyl (C=O) groups excluding carboxylic acids is 1. The molecule has 0 saturated carbocycles.